The van der Waals surface area contributed by atoms with Crippen molar-refractivity contribution in [3.05, 3.63) is 86.7 Å². The SMILES string of the molecule is CC(C)(C1CCN(C(=O)C2CCC2)CC1)C(O)c1cc(Cl)cc2cn[nH]c12.CC(C)C(=O)N1CCC(C(C)(C)C(O)c2cc(Cl)cc3cn[nH]c23)CC1.CC(C)CC(=O)N1CCC(C(C)(C)C(O)c2cc(Cl)cc3cn[nH]c23)CC1. The number of aliphatic hydroxyl groups is 3. The summed E-state index contributed by atoms with van der Waals surface area (Å²) in [6.07, 6.45) is 12.6. The molecule has 1 aliphatic carbocycles. The fraction of sp³-hybridized carbons (Fsp3) is 0.613. The monoisotopic (exact) mass is 1160 g/mol. The number of H-pyrrole nitrogens is 3. The Kier molecular flexibility index (Phi) is 19.5. The molecule has 18 heteroatoms. The van der Waals surface area contributed by atoms with Crippen molar-refractivity contribution in [2.24, 2.45) is 51.8 Å². The van der Waals surface area contributed by atoms with Crippen molar-refractivity contribution < 1.29 is 29.7 Å². The van der Waals surface area contributed by atoms with Gasteiger partial charge in [-0.15, -0.1) is 0 Å². The van der Waals surface area contributed by atoms with E-state index in [0.29, 0.717) is 51.1 Å². The Labute approximate surface area is 487 Å². The quantitative estimate of drug-likeness (QED) is 0.0649. The number of likely N-dealkylation sites (tertiary alicyclic amines) is 3. The number of aromatic nitrogens is 6. The third-order valence-electron chi connectivity index (χ3n) is 18.8. The molecule has 4 aliphatic rings. The highest BCUT2D eigenvalue weighted by Gasteiger charge is 2.44. The van der Waals surface area contributed by atoms with Crippen molar-refractivity contribution >= 4 is 85.2 Å². The Morgan fingerprint density at radius 3 is 1.15 bits per heavy atom. The Bertz CT molecular complexity index is 3080. The summed E-state index contributed by atoms with van der Waals surface area (Å²) in [5.41, 5.74) is 3.89. The zero-order chi connectivity index (χ0) is 58.0. The maximum atomic E-state index is 12.5. The number of nitrogens with zero attached hydrogens (tertiary/aromatic N) is 6. The van der Waals surface area contributed by atoms with Gasteiger partial charge in [-0.3, -0.25) is 29.7 Å². The van der Waals surface area contributed by atoms with E-state index in [1.807, 2.05) is 64.9 Å². The number of rotatable bonds is 13. The van der Waals surface area contributed by atoms with Crippen LogP contribution in [0.1, 0.15) is 168 Å². The van der Waals surface area contributed by atoms with E-state index in [0.717, 1.165) is 140 Å². The Morgan fingerprint density at radius 1 is 0.525 bits per heavy atom. The molecule has 1 saturated carbocycles. The Morgan fingerprint density at radius 2 is 0.850 bits per heavy atom. The fourth-order valence-electron chi connectivity index (χ4n) is 13.0. The largest absolute Gasteiger partial charge is 0.388 e. The first-order valence-electron chi connectivity index (χ1n) is 29.1. The van der Waals surface area contributed by atoms with Crippen LogP contribution in [0.4, 0.5) is 0 Å². The van der Waals surface area contributed by atoms with Crippen molar-refractivity contribution in [1.29, 1.82) is 0 Å². The zero-order valence-corrected chi connectivity index (χ0v) is 50.9. The molecular weight excluding hydrogens is 1070 g/mol. The van der Waals surface area contributed by atoms with Crippen LogP contribution in [0.3, 0.4) is 0 Å². The second kappa shape index (κ2) is 25.4. The molecule has 0 bridgehead atoms. The highest BCUT2D eigenvalue weighted by atomic mass is 35.5. The average molecular weight is 1160 g/mol. The molecular formula is C62H86Cl3N9O6. The Balaban J connectivity index is 0.000000158. The van der Waals surface area contributed by atoms with Crippen molar-refractivity contribution in [3.8, 4) is 0 Å². The van der Waals surface area contributed by atoms with E-state index >= 15 is 0 Å². The maximum Gasteiger partial charge on any atom is 0.225 e. The molecule has 4 fully saturated rings. The fourth-order valence-corrected chi connectivity index (χ4v) is 13.7. The third kappa shape index (κ3) is 13.3. The van der Waals surface area contributed by atoms with Gasteiger partial charge in [0.2, 0.25) is 17.7 Å². The van der Waals surface area contributed by atoms with Crippen LogP contribution in [0, 0.1) is 51.8 Å². The minimum absolute atomic E-state index is 0.0327. The van der Waals surface area contributed by atoms with E-state index in [4.69, 9.17) is 34.8 Å². The van der Waals surface area contributed by atoms with Crippen LogP contribution >= 0.6 is 34.8 Å². The number of nitrogens with one attached hydrogen (secondary N) is 3. The molecule has 0 radical (unpaired) electrons. The molecule has 6 N–H and O–H groups in total. The normalized spacial score (nSPS) is 18.8. The summed E-state index contributed by atoms with van der Waals surface area (Å²) in [7, 11) is 0. The summed E-state index contributed by atoms with van der Waals surface area (Å²) < 4.78 is 0. The lowest BCUT2D eigenvalue weighted by atomic mass is 9.68. The van der Waals surface area contributed by atoms with Gasteiger partial charge in [0.25, 0.3) is 0 Å². The molecule has 3 saturated heterocycles. The number of hydrogen-bond donors (Lipinski definition) is 6. The minimum atomic E-state index is -0.665. The number of piperidine rings is 3. The first kappa shape index (κ1) is 61.3. The van der Waals surface area contributed by atoms with E-state index < -0.39 is 18.3 Å². The second-order valence-electron chi connectivity index (χ2n) is 25.9. The number of benzene rings is 3. The van der Waals surface area contributed by atoms with Crippen LogP contribution in [0.25, 0.3) is 32.7 Å². The van der Waals surface area contributed by atoms with Crippen LogP contribution in [-0.4, -0.2) is 118 Å². The molecule has 3 aromatic carbocycles. The number of amides is 3. The number of carbonyl (C=O) groups excluding carboxylic acids is 3. The van der Waals surface area contributed by atoms with Gasteiger partial charge < -0.3 is 30.0 Å². The molecule has 3 unspecified atom stereocenters. The van der Waals surface area contributed by atoms with Gasteiger partial charge in [-0.1, -0.05) is 110 Å². The number of hydrogen-bond acceptors (Lipinski definition) is 9. The van der Waals surface area contributed by atoms with Gasteiger partial charge in [0.1, 0.15) is 0 Å². The molecule has 3 amide bonds. The van der Waals surface area contributed by atoms with Crippen LogP contribution < -0.4 is 0 Å². The standard InChI is InChI=1S/C21H28ClN3O2.C21H30ClN3O2.C20H28ClN3O2/c1-21(2,15-6-8-25(9-7-15)20(27)13-4-3-5-13)19(26)17-11-16(22)10-14-12-23-24-18(14)17;1-13(2)9-18(26)25-7-5-15(6-8-25)21(3,4)20(27)17-11-16(22)10-14-12-23-24-19(14)17;1-12(2)19(26)24-7-5-14(6-8-24)20(3,4)18(25)16-10-15(21)9-13-11-22-23-17(13)16/h10-13,15,19,26H,3-9H2,1-2H3,(H,23,24);10-13,15,20,27H,5-9H2,1-4H3,(H,23,24);9-12,14,18,25H,5-8H2,1-4H3,(H,22,23). The first-order valence-corrected chi connectivity index (χ1v) is 30.2. The van der Waals surface area contributed by atoms with E-state index in [-0.39, 0.29) is 39.9 Å². The van der Waals surface area contributed by atoms with Crippen LogP contribution in [0.2, 0.25) is 15.1 Å². The van der Waals surface area contributed by atoms with E-state index in [9.17, 15) is 29.7 Å². The van der Waals surface area contributed by atoms with Crippen molar-refractivity contribution in [3.63, 3.8) is 0 Å². The second-order valence-corrected chi connectivity index (χ2v) is 27.2. The molecule has 6 heterocycles. The summed E-state index contributed by atoms with van der Waals surface area (Å²) in [5, 5.41) is 59.5. The predicted octanol–water partition coefficient (Wildman–Crippen LogP) is 13.0. The highest BCUT2D eigenvalue weighted by Crippen LogP contribution is 2.49. The minimum Gasteiger partial charge on any atom is -0.388 e. The number of fused-ring (bicyclic) bond motifs is 3. The number of aromatic amines is 3. The molecule has 6 aromatic rings. The molecule has 3 atom stereocenters. The topological polar surface area (TPSA) is 208 Å². The molecule has 3 aliphatic heterocycles. The predicted molar refractivity (Wildman–Crippen MR) is 319 cm³/mol. The van der Waals surface area contributed by atoms with Crippen LogP contribution in [0.15, 0.2) is 55.0 Å². The number of halogens is 3. The lowest BCUT2D eigenvalue weighted by molar-refractivity contribution is -0.141. The lowest BCUT2D eigenvalue weighted by Crippen LogP contribution is -2.46. The first-order chi connectivity index (χ1) is 37.8. The molecule has 3 aromatic heterocycles. The summed E-state index contributed by atoms with van der Waals surface area (Å²) in [4.78, 5) is 43.0. The smallest absolute Gasteiger partial charge is 0.225 e. The number of aliphatic hydroxyl groups excluding tert-OH is 3. The van der Waals surface area contributed by atoms with Crippen LogP contribution in [0.5, 0.6) is 0 Å². The lowest BCUT2D eigenvalue weighted by Gasteiger charge is -2.44. The van der Waals surface area contributed by atoms with Crippen LogP contribution in [-0.2, 0) is 14.4 Å². The summed E-state index contributed by atoms with van der Waals surface area (Å²) in [6, 6.07) is 11.0. The van der Waals surface area contributed by atoms with Crippen molar-refractivity contribution in [1.82, 2.24) is 45.3 Å². The highest BCUT2D eigenvalue weighted by molar-refractivity contribution is 6.32. The molecule has 15 nitrogen and oxygen atoms in total. The third-order valence-corrected chi connectivity index (χ3v) is 19.4. The van der Waals surface area contributed by atoms with E-state index in [2.05, 4.69) is 86.0 Å². The van der Waals surface area contributed by atoms with Gasteiger partial charge in [-0.25, -0.2) is 0 Å². The summed E-state index contributed by atoms with van der Waals surface area (Å²) in [6.45, 7) is 25.3. The molecule has 0 spiro atoms. The van der Waals surface area contributed by atoms with Gasteiger partial charge in [0.15, 0.2) is 0 Å². The zero-order valence-electron chi connectivity index (χ0n) is 48.6. The van der Waals surface area contributed by atoms with Gasteiger partial charge >= 0.3 is 0 Å². The van der Waals surface area contributed by atoms with E-state index in [1.54, 1.807) is 18.6 Å². The number of carbonyl (C=O) groups is 3. The maximum absolute atomic E-state index is 12.5. The van der Waals surface area contributed by atoms with Gasteiger partial charge in [-0.05, 0) is 128 Å². The van der Waals surface area contributed by atoms with Gasteiger partial charge in [-0.2, -0.15) is 15.3 Å². The summed E-state index contributed by atoms with van der Waals surface area (Å²) >= 11 is 18.8. The summed E-state index contributed by atoms with van der Waals surface area (Å²) in [5.74, 6) is 2.48. The average Bonchev–Trinajstić information content (AvgIpc) is 4.35. The van der Waals surface area contributed by atoms with Crippen molar-refractivity contribution in [2.75, 3.05) is 39.3 Å². The molecule has 436 valence electrons. The van der Waals surface area contributed by atoms with Gasteiger partial charge in [0.05, 0.1) is 53.5 Å². The van der Waals surface area contributed by atoms with Gasteiger partial charge in [0, 0.05) is 105 Å². The Hall–Kier alpha value is -4.77. The van der Waals surface area contributed by atoms with E-state index in [1.165, 1.54) is 6.42 Å². The molecule has 80 heavy (non-hydrogen) atoms. The van der Waals surface area contributed by atoms with Crippen molar-refractivity contribution in [2.45, 2.75) is 152 Å². The molecule has 10 rings (SSSR count).